The zero-order valence-corrected chi connectivity index (χ0v) is 8.41. The third kappa shape index (κ3) is 1.59. The van der Waals surface area contributed by atoms with Gasteiger partial charge in [0.1, 0.15) is 5.75 Å². The Morgan fingerprint density at radius 2 is 2.27 bits per heavy atom. The van der Waals surface area contributed by atoms with Crippen LogP contribution >= 0.6 is 0 Å². The lowest BCUT2D eigenvalue weighted by atomic mass is 10.2. The highest BCUT2D eigenvalue weighted by atomic mass is 16.5. The summed E-state index contributed by atoms with van der Waals surface area (Å²) in [6, 6.07) is 6.87. The highest BCUT2D eigenvalue weighted by molar-refractivity contribution is 5.84. The van der Waals surface area contributed by atoms with Crippen LogP contribution in [-0.2, 0) is 6.54 Å². The van der Waals surface area contributed by atoms with Gasteiger partial charge < -0.3 is 15.5 Å². The zero-order valence-electron chi connectivity index (χ0n) is 8.41. The molecule has 1 aromatic heterocycles. The number of pyridine rings is 1. The van der Waals surface area contributed by atoms with Gasteiger partial charge in [0.25, 0.3) is 0 Å². The molecule has 0 saturated heterocycles. The normalized spacial score (nSPS) is 10.5. The third-order valence-corrected chi connectivity index (χ3v) is 2.32. The number of benzene rings is 1. The van der Waals surface area contributed by atoms with Crippen molar-refractivity contribution < 1.29 is 4.74 Å². The Hall–Kier alpha value is -1.81. The van der Waals surface area contributed by atoms with Gasteiger partial charge >= 0.3 is 0 Å². The Morgan fingerprint density at radius 1 is 1.47 bits per heavy atom. The van der Waals surface area contributed by atoms with Crippen molar-refractivity contribution in [2.24, 2.45) is 5.73 Å². The van der Waals surface area contributed by atoms with Crippen molar-refractivity contribution in [3.63, 3.8) is 0 Å². The minimum Gasteiger partial charge on any atom is -0.495 e. The monoisotopic (exact) mass is 204 g/mol. The second-order valence-corrected chi connectivity index (χ2v) is 3.25. The SMILES string of the molecule is COc1cccc2c(=O)cc(CN)[nH]c12. The molecule has 2 rings (SSSR count). The summed E-state index contributed by atoms with van der Waals surface area (Å²) in [5, 5.41) is 0.617. The van der Waals surface area contributed by atoms with Gasteiger partial charge in [-0.05, 0) is 12.1 Å². The maximum absolute atomic E-state index is 11.7. The molecule has 0 aliphatic heterocycles. The van der Waals surface area contributed by atoms with Gasteiger partial charge in [0.2, 0.25) is 0 Å². The number of hydrogen-bond acceptors (Lipinski definition) is 3. The lowest BCUT2D eigenvalue weighted by Crippen LogP contribution is -2.09. The lowest BCUT2D eigenvalue weighted by Gasteiger charge is -2.06. The predicted molar refractivity (Wildman–Crippen MR) is 59.0 cm³/mol. The fraction of sp³-hybridized carbons (Fsp3) is 0.182. The maximum atomic E-state index is 11.7. The maximum Gasteiger partial charge on any atom is 0.189 e. The molecule has 0 radical (unpaired) electrons. The number of rotatable bonds is 2. The fourth-order valence-corrected chi connectivity index (χ4v) is 1.58. The van der Waals surface area contributed by atoms with Crippen LogP contribution in [0.1, 0.15) is 5.69 Å². The highest BCUT2D eigenvalue weighted by Gasteiger charge is 2.05. The minimum absolute atomic E-state index is 0.0388. The molecule has 0 unspecified atom stereocenters. The van der Waals surface area contributed by atoms with Crippen LogP contribution in [0.5, 0.6) is 5.75 Å². The van der Waals surface area contributed by atoms with E-state index in [9.17, 15) is 4.79 Å². The van der Waals surface area contributed by atoms with Crippen molar-refractivity contribution in [1.82, 2.24) is 4.98 Å². The molecule has 1 heterocycles. The van der Waals surface area contributed by atoms with E-state index in [1.165, 1.54) is 6.07 Å². The number of hydrogen-bond donors (Lipinski definition) is 2. The number of para-hydroxylation sites is 1. The minimum atomic E-state index is -0.0388. The van der Waals surface area contributed by atoms with Crippen LogP contribution in [0.3, 0.4) is 0 Å². The van der Waals surface area contributed by atoms with E-state index in [4.69, 9.17) is 10.5 Å². The van der Waals surface area contributed by atoms with Crippen LogP contribution < -0.4 is 15.9 Å². The topological polar surface area (TPSA) is 68.1 Å². The molecule has 0 aliphatic rings. The number of nitrogens with two attached hydrogens (primary N) is 1. The largest absolute Gasteiger partial charge is 0.495 e. The van der Waals surface area contributed by atoms with Crippen LogP contribution in [0, 0.1) is 0 Å². The van der Waals surface area contributed by atoms with Gasteiger partial charge in [-0.3, -0.25) is 4.79 Å². The summed E-state index contributed by atoms with van der Waals surface area (Å²) >= 11 is 0. The summed E-state index contributed by atoms with van der Waals surface area (Å²) in [6.07, 6.45) is 0. The molecule has 0 saturated carbocycles. The second kappa shape index (κ2) is 3.74. The molecule has 15 heavy (non-hydrogen) atoms. The van der Waals surface area contributed by atoms with Crippen LogP contribution in [-0.4, -0.2) is 12.1 Å². The molecule has 78 valence electrons. The van der Waals surface area contributed by atoms with Crippen molar-refractivity contribution in [2.75, 3.05) is 7.11 Å². The number of methoxy groups -OCH3 is 1. The van der Waals surface area contributed by atoms with Crippen molar-refractivity contribution in [2.45, 2.75) is 6.54 Å². The van der Waals surface area contributed by atoms with E-state index in [-0.39, 0.29) is 5.43 Å². The van der Waals surface area contributed by atoms with E-state index in [1.807, 2.05) is 0 Å². The smallest absolute Gasteiger partial charge is 0.189 e. The van der Waals surface area contributed by atoms with Crippen LogP contribution in [0.15, 0.2) is 29.1 Å². The highest BCUT2D eigenvalue weighted by Crippen LogP contribution is 2.20. The summed E-state index contributed by atoms with van der Waals surface area (Å²) in [7, 11) is 1.57. The molecule has 2 aromatic rings. The van der Waals surface area contributed by atoms with E-state index >= 15 is 0 Å². The fourth-order valence-electron chi connectivity index (χ4n) is 1.58. The first kappa shape index (κ1) is 9.73. The van der Waals surface area contributed by atoms with Gasteiger partial charge in [-0.2, -0.15) is 0 Å². The van der Waals surface area contributed by atoms with E-state index in [2.05, 4.69) is 4.98 Å². The summed E-state index contributed by atoms with van der Waals surface area (Å²) in [6.45, 7) is 0.309. The Bertz CT molecular complexity index is 546. The molecule has 0 fully saturated rings. The Morgan fingerprint density at radius 3 is 2.93 bits per heavy atom. The Balaban J connectivity index is 2.85. The first-order valence-corrected chi connectivity index (χ1v) is 4.65. The molecule has 0 bridgehead atoms. The molecule has 3 N–H and O–H groups in total. The van der Waals surface area contributed by atoms with E-state index in [0.717, 1.165) is 0 Å². The first-order valence-electron chi connectivity index (χ1n) is 4.65. The van der Waals surface area contributed by atoms with E-state index < -0.39 is 0 Å². The summed E-state index contributed by atoms with van der Waals surface area (Å²) in [4.78, 5) is 14.8. The number of fused-ring (bicyclic) bond motifs is 1. The third-order valence-electron chi connectivity index (χ3n) is 2.32. The number of ether oxygens (including phenoxy) is 1. The van der Waals surface area contributed by atoms with Crippen LogP contribution in [0.4, 0.5) is 0 Å². The first-order chi connectivity index (χ1) is 7.26. The predicted octanol–water partition coefficient (Wildman–Crippen LogP) is 0.995. The molecule has 0 spiro atoms. The molecule has 4 nitrogen and oxygen atoms in total. The number of aromatic amines is 1. The Kier molecular flexibility index (Phi) is 2.43. The van der Waals surface area contributed by atoms with Gasteiger partial charge in [0.15, 0.2) is 5.43 Å². The van der Waals surface area contributed by atoms with Crippen molar-refractivity contribution in [3.8, 4) is 5.75 Å². The van der Waals surface area contributed by atoms with Crippen molar-refractivity contribution >= 4 is 10.9 Å². The number of H-pyrrole nitrogens is 1. The molecule has 0 amide bonds. The van der Waals surface area contributed by atoms with Crippen molar-refractivity contribution in [1.29, 1.82) is 0 Å². The molecular weight excluding hydrogens is 192 g/mol. The van der Waals surface area contributed by atoms with Gasteiger partial charge in [-0.25, -0.2) is 0 Å². The van der Waals surface area contributed by atoms with E-state index in [1.54, 1.807) is 25.3 Å². The second-order valence-electron chi connectivity index (χ2n) is 3.25. The molecule has 1 aromatic carbocycles. The summed E-state index contributed by atoms with van der Waals surface area (Å²) < 4.78 is 5.17. The number of nitrogens with one attached hydrogen (secondary N) is 1. The Labute approximate surface area is 86.7 Å². The molecular formula is C11H12N2O2. The molecule has 0 aliphatic carbocycles. The van der Waals surface area contributed by atoms with E-state index in [0.29, 0.717) is 28.9 Å². The lowest BCUT2D eigenvalue weighted by molar-refractivity contribution is 0.419. The van der Waals surface area contributed by atoms with Crippen LogP contribution in [0.25, 0.3) is 10.9 Å². The average Bonchev–Trinajstić information content (AvgIpc) is 2.28. The summed E-state index contributed by atoms with van der Waals surface area (Å²) in [5.41, 5.74) is 6.86. The van der Waals surface area contributed by atoms with Crippen molar-refractivity contribution in [3.05, 3.63) is 40.2 Å². The van der Waals surface area contributed by atoms with Gasteiger partial charge in [-0.1, -0.05) is 6.07 Å². The molecule has 0 atom stereocenters. The van der Waals surface area contributed by atoms with Crippen LogP contribution in [0.2, 0.25) is 0 Å². The number of aromatic nitrogens is 1. The zero-order chi connectivity index (χ0) is 10.8. The quantitative estimate of drug-likeness (QED) is 0.766. The molecule has 4 heteroatoms. The summed E-state index contributed by atoms with van der Waals surface area (Å²) in [5.74, 6) is 0.653. The average molecular weight is 204 g/mol. The van der Waals surface area contributed by atoms with Gasteiger partial charge in [0.05, 0.1) is 12.6 Å². The standard InChI is InChI=1S/C11H12N2O2/c1-15-10-4-2-3-8-9(14)5-7(6-12)13-11(8)10/h2-5H,6,12H2,1H3,(H,13,14). The van der Waals surface area contributed by atoms with Gasteiger partial charge in [0, 0.05) is 23.7 Å². The van der Waals surface area contributed by atoms with Gasteiger partial charge in [-0.15, -0.1) is 0 Å².